The van der Waals surface area contributed by atoms with E-state index in [-0.39, 0.29) is 22.2 Å². The molecular weight excluding hydrogens is 284 g/mol. The third kappa shape index (κ3) is 3.14. The van der Waals surface area contributed by atoms with Crippen LogP contribution in [0.25, 0.3) is 0 Å². The van der Waals surface area contributed by atoms with Crippen molar-refractivity contribution < 1.29 is 22.7 Å². The van der Waals surface area contributed by atoms with E-state index in [2.05, 4.69) is 14.8 Å². The Morgan fingerprint density at radius 3 is 2.65 bits per heavy atom. The van der Waals surface area contributed by atoms with Crippen LogP contribution in [0.15, 0.2) is 23.1 Å². The molecule has 0 atom stereocenters. The van der Waals surface area contributed by atoms with Gasteiger partial charge in [0.1, 0.15) is 4.90 Å². The van der Waals surface area contributed by atoms with E-state index < -0.39 is 16.0 Å². The first kappa shape index (κ1) is 14.5. The van der Waals surface area contributed by atoms with Gasteiger partial charge in [-0.05, 0) is 31.0 Å². The molecule has 0 heterocycles. The summed E-state index contributed by atoms with van der Waals surface area (Å²) in [6, 6.07) is 3.82. The zero-order valence-corrected chi connectivity index (χ0v) is 11.6. The Morgan fingerprint density at radius 2 is 2.10 bits per heavy atom. The van der Waals surface area contributed by atoms with E-state index in [0.29, 0.717) is 6.41 Å². The smallest absolute Gasteiger partial charge is 0.337 e. The predicted octanol–water partition coefficient (Wildman–Crippen LogP) is 0.482. The number of sulfonamides is 1. The lowest BCUT2D eigenvalue weighted by atomic mass is 10.2. The number of hydrogen-bond acceptors (Lipinski definition) is 5. The molecule has 2 rings (SSSR count). The second-order valence-electron chi connectivity index (χ2n) is 4.36. The summed E-state index contributed by atoms with van der Waals surface area (Å²) in [5.74, 6) is -0.613. The van der Waals surface area contributed by atoms with Crippen LogP contribution in [0, 0.1) is 0 Å². The summed E-state index contributed by atoms with van der Waals surface area (Å²) < 4.78 is 31.3. The lowest BCUT2D eigenvalue weighted by Crippen LogP contribution is -2.26. The molecular formula is C12H14N2O5S. The molecule has 108 valence electrons. The second-order valence-corrected chi connectivity index (χ2v) is 6.04. The molecule has 0 spiro atoms. The average Bonchev–Trinajstić information content (AvgIpc) is 3.21. The van der Waals surface area contributed by atoms with Crippen LogP contribution in [0.4, 0.5) is 5.69 Å². The zero-order chi connectivity index (χ0) is 14.8. The number of amides is 1. The maximum absolute atomic E-state index is 12.1. The largest absolute Gasteiger partial charge is 0.465 e. The van der Waals surface area contributed by atoms with Crippen LogP contribution in [0.2, 0.25) is 0 Å². The fourth-order valence-corrected chi connectivity index (χ4v) is 3.13. The zero-order valence-electron chi connectivity index (χ0n) is 10.8. The van der Waals surface area contributed by atoms with Crippen LogP contribution in [0.1, 0.15) is 23.2 Å². The molecule has 1 aromatic carbocycles. The molecule has 7 nitrogen and oxygen atoms in total. The van der Waals surface area contributed by atoms with E-state index in [1.165, 1.54) is 25.3 Å². The number of carbonyl (C=O) groups excluding carboxylic acids is 2. The van der Waals surface area contributed by atoms with Gasteiger partial charge in [-0.15, -0.1) is 0 Å². The summed E-state index contributed by atoms with van der Waals surface area (Å²) in [6.45, 7) is 0. The third-order valence-corrected chi connectivity index (χ3v) is 4.38. The number of benzene rings is 1. The van der Waals surface area contributed by atoms with Crippen molar-refractivity contribution in [2.45, 2.75) is 23.8 Å². The molecule has 1 aliphatic rings. The van der Waals surface area contributed by atoms with Crippen LogP contribution in [-0.2, 0) is 19.6 Å². The van der Waals surface area contributed by atoms with Crippen LogP contribution in [-0.4, -0.2) is 33.9 Å². The van der Waals surface area contributed by atoms with Gasteiger partial charge in [-0.1, -0.05) is 0 Å². The number of hydrogen-bond donors (Lipinski definition) is 2. The normalized spacial score (nSPS) is 14.7. The fraction of sp³-hybridized carbons (Fsp3) is 0.333. The van der Waals surface area contributed by atoms with Crippen LogP contribution >= 0.6 is 0 Å². The number of carbonyl (C=O) groups is 2. The standard InChI is InChI=1S/C12H14N2O5S/c1-19-12(16)8-2-5-11(10(6-8)13-7-15)20(17,18)14-9-3-4-9/h2,5-7,9,14H,3-4H2,1H3,(H,13,15). The van der Waals surface area contributed by atoms with Gasteiger partial charge in [0.2, 0.25) is 16.4 Å². The lowest BCUT2D eigenvalue weighted by molar-refractivity contribution is -0.105. The monoisotopic (exact) mass is 298 g/mol. The van der Waals surface area contributed by atoms with Crippen LogP contribution in [0.3, 0.4) is 0 Å². The first-order chi connectivity index (χ1) is 9.47. The van der Waals surface area contributed by atoms with Gasteiger partial charge in [-0.25, -0.2) is 17.9 Å². The number of rotatable bonds is 6. The first-order valence-corrected chi connectivity index (χ1v) is 7.41. The van der Waals surface area contributed by atoms with Gasteiger partial charge in [0, 0.05) is 6.04 Å². The highest BCUT2D eigenvalue weighted by Crippen LogP contribution is 2.26. The second kappa shape index (κ2) is 5.59. The van der Waals surface area contributed by atoms with Crippen molar-refractivity contribution in [3.8, 4) is 0 Å². The van der Waals surface area contributed by atoms with Gasteiger partial charge in [0.15, 0.2) is 0 Å². The van der Waals surface area contributed by atoms with Crippen molar-refractivity contribution in [2.24, 2.45) is 0 Å². The number of nitrogens with one attached hydrogen (secondary N) is 2. The van der Waals surface area contributed by atoms with Gasteiger partial charge >= 0.3 is 5.97 Å². The van der Waals surface area contributed by atoms with Gasteiger partial charge in [0.05, 0.1) is 18.4 Å². The van der Waals surface area contributed by atoms with E-state index >= 15 is 0 Å². The maximum atomic E-state index is 12.1. The molecule has 1 fully saturated rings. The SMILES string of the molecule is COC(=O)c1ccc(S(=O)(=O)NC2CC2)c(NC=O)c1. The molecule has 1 saturated carbocycles. The Kier molecular flexibility index (Phi) is 4.05. The quantitative estimate of drug-likeness (QED) is 0.587. The average molecular weight is 298 g/mol. The molecule has 0 saturated heterocycles. The summed E-state index contributed by atoms with van der Waals surface area (Å²) >= 11 is 0. The molecule has 0 unspecified atom stereocenters. The Bertz CT molecular complexity index is 637. The first-order valence-electron chi connectivity index (χ1n) is 5.93. The Balaban J connectivity index is 2.40. The minimum Gasteiger partial charge on any atom is -0.465 e. The topological polar surface area (TPSA) is 102 Å². The van der Waals surface area contributed by atoms with E-state index in [1.54, 1.807) is 0 Å². The van der Waals surface area contributed by atoms with E-state index in [1.807, 2.05) is 0 Å². The fourth-order valence-electron chi connectivity index (χ4n) is 1.67. The van der Waals surface area contributed by atoms with Crippen molar-refractivity contribution in [1.82, 2.24) is 4.72 Å². The van der Waals surface area contributed by atoms with Crippen molar-refractivity contribution in [3.05, 3.63) is 23.8 Å². The summed E-state index contributed by atoms with van der Waals surface area (Å²) in [6.07, 6.45) is 1.96. The van der Waals surface area contributed by atoms with Gasteiger partial charge < -0.3 is 10.1 Å². The molecule has 0 radical (unpaired) electrons. The van der Waals surface area contributed by atoms with Crippen molar-refractivity contribution in [2.75, 3.05) is 12.4 Å². The predicted molar refractivity (Wildman–Crippen MR) is 70.8 cm³/mol. The number of esters is 1. The summed E-state index contributed by atoms with van der Waals surface area (Å²) in [4.78, 5) is 21.9. The van der Waals surface area contributed by atoms with E-state index in [0.717, 1.165) is 12.8 Å². The number of methoxy groups -OCH3 is 1. The summed E-state index contributed by atoms with van der Waals surface area (Å²) in [5, 5.41) is 2.29. The molecule has 1 aromatic rings. The minimum atomic E-state index is -3.72. The Morgan fingerprint density at radius 1 is 1.40 bits per heavy atom. The Hall–Kier alpha value is -1.93. The number of anilines is 1. The molecule has 2 N–H and O–H groups in total. The molecule has 0 aliphatic heterocycles. The van der Waals surface area contributed by atoms with E-state index in [4.69, 9.17) is 0 Å². The van der Waals surface area contributed by atoms with Crippen LogP contribution < -0.4 is 10.0 Å². The van der Waals surface area contributed by atoms with Gasteiger partial charge in [0.25, 0.3) is 0 Å². The highest BCUT2D eigenvalue weighted by Gasteiger charge is 2.29. The summed E-state index contributed by atoms with van der Waals surface area (Å²) in [7, 11) is -2.51. The van der Waals surface area contributed by atoms with E-state index in [9.17, 15) is 18.0 Å². The van der Waals surface area contributed by atoms with Crippen molar-refractivity contribution >= 4 is 28.1 Å². The van der Waals surface area contributed by atoms with Gasteiger partial charge in [-0.2, -0.15) is 0 Å². The summed E-state index contributed by atoms with van der Waals surface area (Å²) in [5.41, 5.74) is 0.193. The maximum Gasteiger partial charge on any atom is 0.337 e. The molecule has 1 amide bonds. The molecule has 20 heavy (non-hydrogen) atoms. The van der Waals surface area contributed by atoms with Crippen LogP contribution in [0.5, 0.6) is 0 Å². The third-order valence-electron chi connectivity index (χ3n) is 2.80. The molecule has 8 heteroatoms. The highest BCUT2D eigenvalue weighted by molar-refractivity contribution is 7.89. The Labute approximate surface area is 116 Å². The molecule has 0 bridgehead atoms. The van der Waals surface area contributed by atoms with Gasteiger partial charge in [-0.3, -0.25) is 4.79 Å². The molecule has 0 aromatic heterocycles. The minimum absolute atomic E-state index is 0.0380. The highest BCUT2D eigenvalue weighted by atomic mass is 32.2. The van der Waals surface area contributed by atoms with Crippen molar-refractivity contribution in [3.63, 3.8) is 0 Å². The van der Waals surface area contributed by atoms with Crippen molar-refractivity contribution in [1.29, 1.82) is 0 Å². The lowest BCUT2D eigenvalue weighted by Gasteiger charge is -2.11. The molecule has 1 aliphatic carbocycles. The number of ether oxygens (including phenoxy) is 1.